The van der Waals surface area contributed by atoms with E-state index >= 15 is 0 Å². The Labute approximate surface area is 98.6 Å². The predicted octanol–water partition coefficient (Wildman–Crippen LogP) is 2.46. The normalized spacial score (nSPS) is 10.6. The fourth-order valence-electron chi connectivity index (χ4n) is 1.09. The Kier molecular flexibility index (Phi) is 2.67. The number of aryl methyl sites for hydroxylation is 1. The molecule has 0 radical (unpaired) electrons. The number of hydrogen-bond donors (Lipinski definition) is 0. The lowest BCUT2D eigenvalue weighted by molar-refractivity contribution is 0.505. The Bertz CT molecular complexity index is 561. The number of aromatic nitrogens is 2. The molecule has 6 heteroatoms. The first kappa shape index (κ1) is 10.4. The molecule has 0 aliphatic heterocycles. The van der Waals surface area contributed by atoms with Crippen LogP contribution in [-0.2, 0) is 7.05 Å². The molecule has 0 N–H and O–H groups in total. The van der Waals surface area contributed by atoms with Crippen LogP contribution in [0, 0.1) is 0 Å². The van der Waals surface area contributed by atoms with Crippen molar-refractivity contribution in [3.63, 3.8) is 0 Å². The maximum Gasteiger partial charge on any atom is 0.437 e. The Balaban J connectivity index is 2.54. The highest BCUT2D eigenvalue weighted by Crippen LogP contribution is 2.27. The Morgan fingerprint density at radius 3 is 2.80 bits per heavy atom. The molecule has 1 heterocycles. The third-order valence-electron chi connectivity index (χ3n) is 1.86. The van der Waals surface area contributed by atoms with E-state index in [1.54, 1.807) is 18.2 Å². The van der Waals surface area contributed by atoms with Crippen molar-refractivity contribution < 1.29 is 4.42 Å². The van der Waals surface area contributed by atoms with Gasteiger partial charge in [-0.15, -0.1) is 5.10 Å². The molecule has 4 nitrogen and oxygen atoms in total. The minimum Gasteiger partial charge on any atom is -0.388 e. The molecule has 1 aromatic heterocycles. The van der Waals surface area contributed by atoms with Gasteiger partial charge in [0.15, 0.2) is 0 Å². The molecule has 0 aliphatic carbocycles. The summed E-state index contributed by atoms with van der Waals surface area (Å²) in [6.45, 7) is 0. The van der Waals surface area contributed by atoms with Crippen molar-refractivity contribution in [2.75, 3.05) is 0 Å². The van der Waals surface area contributed by atoms with Crippen molar-refractivity contribution in [1.82, 2.24) is 9.78 Å². The second-order valence-corrected chi connectivity index (χ2v) is 4.19. The summed E-state index contributed by atoms with van der Waals surface area (Å²) in [7, 11) is 1.53. The number of rotatable bonds is 1. The molecule has 0 amide bonds. The van der Waals surface area contributed by atoms with Crippen molar-refractivity contribution in [3.05, 3.63) is 38.2 Å². The fraction of sp³-hybridized carbons (Fsp3) is 0.111. The van der Waals surface area contributed by atoms with Crippen LogP contribution in [0.5, 0.6) is 0 Å². The van der Waals surface area contributed by atoms with Crippen molar-refractivity contribution in [3.8, 4) is 11.5 Å². The van der Waals surface area contributed by atoms with E-state index in [2.05, 4.69) is 21.0 Å². The van der Waals surface area contributed by atoms with Crippen molar-refractivity contribution in [1.29, 1.82) is 0 Å². The van der Waals surface area contributed by atoms with Crippen LogP contribution >= 0.6 is 27.5 Å². The molecule has 0 spiro atoms. The zero-order valence-electron chi connectivity index (χ0n) is 7.70. The van der Waals surface area contributed by atoms with Gasteiger partial charge in [-0.05, 0) is 34.1 Å². The maximum absolute atomic E-state index is 11.1. The standard InChI is InChI=1S/C9H6BrClN2O2/c1-13-9(14)15-8(12-13)5-2-3-7(11)6(10)4-5/h2-4H,1H3. The van der Waals surface area contributed by atoms with E-state index in [1.165, 1.54) is 7.05 Å². The highest BCUT2D eigenvalue weighted by Gasteiger charge is 2.09. The van der Waals surface area contributed by atoms with Gasteiger partial charge < -0.3 is 4.42 Å². The first-order valence-electron chi connectivity index (χ1n) is 4.07. The average Bonchev–Trinajstić information content (AvgIpc) is 2.52. The van der Waals surface area contributed by atoms with Crippen LogP contribution in [-0.4, -0.2) is 9.78 Å². The zero-order valence-corrected chi connectivity index (χ0v) is 10.0. The van der Waals surface area contributed by atoms with E-state index < -0.39 is 5.76 Å². The quantitative estimate of drug-likeness (QED) is 0.810. The molecule has 0 saturated carbocycles. The summed E-state index contributed by atoms with van der Waals surface area (Å²) in [6.07, 6.45) is 0. The largest absolute Gasteiger partial charge is 0.437 e. The molecule has 78 valence electrons. The van der Waals surface area contributed by atoms with Gasteiger partial charge in [0.1, 0.15) is 0 Å². The van der Waals surface area contributed by atoms with Gasteiger partial charge in [-0.2, -0.15) is 4.68 Å². The lowest BCUT2D eigenvalue weighted by atomic mass is 10.2. The fourth-order valence-corrected chi connectivity index (χ4v) is 1.59. The van der Waals surface area contributed by atoms with Gasteiger partial charge in [-0.3, -0.25) is 0 Å². The van der Waals surface area contributed by atoms with Gasteiger partial charge in [0.25, 0.3) is 0 Å². The summed E-state index contributed by atoms with van der Waals surface area (Å²) in [4.78, 5) is 11.1. The van der Waals surface area contributed by atoms with Crippen LogP contribution in [0.2, 0.25) is 5.02 Å². The van der Waals surface area contributed by atoms with Gasteiger partial charge >= 0.3 is 5.76 Å². The molecule has 2 rings (SSSR count). The van der Waals surface area contributed by atoms with Crippen molar-refractivity contribution >= 4 is 27.5 Å². The first-order chi connectivity index (χ1) is 7.08. The summed E-state index contributed by atoms with van der Waals surface area (Å²) in [5, 5.41) is 4.52. The van der Waals surface area contributed by atoms with Crippen LogP contribution in [0.15, 0.2) is 31.9 Å². The molecular formula is C9H6BrClN2O2. The highest BCUT2D eigenvalue weighted by molar-refractivity contribution is 9.10. The van der Waals surface area contributed by atoms with E-state index in [4.69, 9.17) is 16.0 Å². The van der Waals surface area contributed by atoms with Gasteiger partial charge in [-0.25, -0.2) is 4.79 Å². The number of hydrogen-bond acceptors (Lipinski definition) is 3. The second kappa shape index (κ2) is 3.83. The summed E-state index contributed by atoms with van der Waals surface area (Å²) in [5.74, 6) is -0.212. The third kappa shape index (κ3) is 1.98. The Morgan fingerprint density at radius 1 is 1.53 bits per heavy atom. The minimum atomic E-state index is -0.490. The number of benzene rings is 1. The number of nitrogens with zero attached hydrogens (tertiary/aromatic N) is 2. The SMILES string of the molecule is Cn1nc(-c2ccc(Cl)c(Br)c2)oc1=O. The summed E-state index contributed by atoms with van der Waals surface area (Å²) in [6, 6.07) is 5.18. The van der Waals surface area contributed by atoms with E-state index in [-0.39, 0.29) is 5.89 Å². The van der Waals surface area contributed by atoms with Crippen molar-refractivity contribution in [2.45, 2.75) is 0 Å². The van der Waals surface area contributed by atoms with Gasteiger partial charge in [0.2, 0.25) is 5.89 Å². The molecule has 2 aromatic rings. The second-order valence-electron chi connectivity index (χ2n) is 2.93. The molecule has 0 fully saturated rings. The lowest BCUT2D eigenvalue weighted by Gasteiger charge is -1.97. The Morgan fingerprint density at radius 2 is 2.27 bits per heavy atom. The molecule has 0 aliphatic rings. The van der Waals surface area contributed by atoms with E-state index in [9.17, 15) is 4.79 Å². The molecule has 0 unspecified atom stereocenters. The third-order valence-corrected chi connectivity index (χ3v) is 3.07. The van der Waals surface area contributed by atoms with Crippen LogP contribution in [0.25, 0.3) is 11.5 Å². The van der Waals surface area contributed by atoms with Gasteiger partial charge in [0.05, 0.1) is 5.02 Å². The van der Waals surface area contributed by atoms with Crippen LogP contribution in [0.3, 0.4) is 0 Å². The summed E-state index contributed by atoms with van der Waals surface area (Å²) < 4.78 is 6.80. The Hall–Kier alpha value is -1.07. The van der Waals surface area contributed by atoms with E-state index in [1.807, 2.05) is 0 Å². The van der Waals surface area contributed by atoms with Gasteiger partial charge in [0, 0.05) is 17.1 Å². The highest BCUT2D eigenvalue weighted by atomic mass is 79.9. The molecule has 15 heavy (non-hydrogen) atoms. The predicted molar refractivity (Wildman–Crippen MR) is 59.9 cm³/mol. The van der Waals surface area contributed by atoms with E-state index in [0.29, 0.717) is 10.6 Å². The molecule has 0 atom stereocenters. The monoisotopic (exact) mass is 288 g/mol. The van der Waals surface area contributed by atoms with Crippen LogP contribution in [0.4, 0.5) is 0 Å². The topological polar surface area (TPSA) is 48.0 Å². The molecular weight excluding hydrogens is 283 g/mol. The van der Waals surface area contributed by atoms with Gasteiger partial charge in [-0.1, -0.05) is 11.6 Å². The smallest absolute Gasteiger partial charge is 0.388 e. The maximum atomic E-state index is 11.1. The number of halogens is 2. The zero-order chi connectivity index (χ0) is 11.0. The summed E-state index contributed by atoms with van der Waals surface area (Å²) in [5.41, 5.74) is 0.698. The van der Waals surface area contributed by atoms with Crippen molar-refractivity contribution in [2.24, 2.45) is 7.05 Å². The average molecular weight is 290 g/mol. The molecule has 1 aromatic carbocycles. The van der Waals surface area contributed by atoms with Crippen LogP contribution < -0.4 is 5.76 Å². The lowest BCUT2D eigenvalue weighted by Crippen LogP contribution is -2.09. The minimum absolute atomic E-state index is 0.278. The van der Waals surface area contributed by atoms with E-state index in [0.717, 1.165) is 9.15 Å². The first-order valence-corrected chi connectivity index (χ1v) is 5.24. The van der Waals surface area contributed by atoms with Crippen LogP contribution in [0.1, 0.15) is 0 Å². The molecule has 0 saturated heterocycles. The molecule has 0 bridgehead atoms. The summed E-state index contributed by atoms with van der Waals surface area (Å²) >= 11 is 9.12.